The van der Waals surface area contributed by atoms with E-state index in [1.807, 2.05) is 24.3 Å². The second kappa shape index (κ2) is 5.56. The summed E-state index contributed by atoms with van der Waals surface area (Å²) in [5, 5.41) is 4.18. The van der Waals surface area contributed by atoms with Gasteiger partial charge in [0.2, 0.25) is 0 Å². The van der Waals surface area contributed by atoms with Crippen LogP contribution in [0.5, 0.6) is 0 Å². The van der Waals surface area contributed by atoms with E-state index in [4.69, 9.17) is 16.6 Å². The van der Waals surface area contributed by atoms with Gasteiger partial charge in [-0.15, -0.1) is 11.3 Å². The van der Waals surface area contributed by atoms with Gasteiger partial charge < -0.3 is 4.98 Å². The first-order valence-corrected chi connectivity index (χ1v) is 9.97. The summed E-state index contributed by atoms with van der Waals surface area (Å²) in [5.74, 6) is 0. The number of hydrogen-bond donors (Lipinski definition) is 1. The predicted molar refractivity (Wildman–Crippen MR) is 117 cm³/mol. The predicted octanol–water partition coefficient (Wildman–Crippen LogP) is 7.40. The highest BCUT2D eigenvalue weighted by Gasteiger charge is 2.20. The Morgan fingerprint density at radius 3 is 2.48 bits per heavy atom. The fraction of sp³-hybridized carbons (Fsp3) is 0. The number of thiophene rings is 1. The van der Waals surface area contributed by atoms with Crippen molar-refractivity contribution in [1.82, 2.24) is 9.97 Å². The van der Waals surface area contributed by atoms with Crippen LogP contribution in [0.1, 0.15) is 0 Å². The van der Waals surface area contributed by atoms with Crippen LogP contribution >= 0.6 is 22.9 Å². The molecular weight excluding hydrogens is 372 g/mol. The Morgan fingerprint density at radius 2 is 1.59 bits per heavy atom. The van der Waals surface area contributed by atoms with Crippen molar-refractivity contribution < 1.29 is 0 Å². The minimum absolute atomic E-state index is 0.748. The van der Waals surface area contributed by atoms with Crippen LogP contribution in [0.15, 0.2) is 72.8 Å². The van der Waals surface area contributed by atoms with E-state index in [9.17, 15) is 0 Å². The standard InChI is InChI=1S/C23H13ClN2S/c24-15-10-6-12-17-18(15)23-19(20(26-17)13-7-2-1-3-8-13)21-22(27-23)14-9-4-5-11-16(14)25-21/h1-12,25H. The van der Waals surface area contributed by atoms with E-state index < -0.39 is 0 Å². The van der Waals surface area contributed by atoms with Gasteiger partial charge >= 0.3 is 0 Å². The summed E-state index contributed by atoms with van der Waals surface area (Å²) in [4.78, 5) is 8.65. The lowest BCUT2D eigenvalue weighted by Gasteiger charge is -2.08. The SMILES string of the molecule is Clc1cccc2nc(-c3ccccc3)c3c4[nH]c5ccccc5c4sc3c12. The molecule has 4 heteroatoms. The van der Waals surface area contributed by atoms with Crippen molar-refractivity contribution in [2.45, 2.75) is 0 Å². The molecule has 2 nitrogen and oxygen atoms in total. The molecule has 0 bridgehead atoms. The van der Waals surface area contributed by atoms with Gasteiger partial charge in [-0.05, 0) is 18.2 Å². The second-order valence-corrected chi connectivity index (χ2v) is 8.07. The first-order valence-electron chi connectivity index (χ1n) is 8.78. The maximum atomic E-state index is 6.60. The van der Waals surface area contributed by atoms with Crippen LogP contribution in [-0.2, 0) is 0 Å². The van der Waals surface area contributed by atoms with Crippen molar-refractivity contribution in [1.29, 1.82) is 0 Å². The highest BCUT2D eigenvalue weighted by Crippen LogP contribution is 2.46. The third-order valence-corrected chi connectivity index (χ3v) is 6.63. The number of H-pyrrole nitrogens is 1. The van der Waals surface area contributed by atoms with E-state index >= 15 is 0 Å². The average Bonchev–Trinajstić information content (AvgIpc) is 3.24. The number of nitrogens with one attached hydrogen (secondary N) is 1. The average molecular weight is 385 g/mol. The Labute approximate surface area is 164 Å². The molecule has 3 heterocycles. The quantitative estimate of drug-likeness (QED) is 0.314. The lowest BCUT2D eigenvalue weighted by atomic mass is 10.0. The smallest absolute Gasteiger partial charge is 0.0817 e. The molecule has 3 aromatic carbocycles. The lowest BCUT2D eigenvalue weighted by Crippen LogP contribution is -1.88. The maximum absolute atomic E-state index is 6.60. The van der Waals surface area contributed by atoms with Gasteiger partial charge in [-0.1, -0.05) is 66.2 Å². The third kappa shape index (κ3) is 2.10. The first-order chi connectivity index (χ1) is 13.3. The Morgan fingerprint density at radius 1 is 0.778 bits per heavy atom. The van der Waals surface area contributed by atoms with Gasteiger partial charge in [-0.2, -0.15) is 0 Å². The van der Waals surface area contributed by atoms with Gasteiger partial charge in [-0.25, -0.2) is 4.98 Å². The number of halogens is 1. The minimum atomic E-state index is 0.748. The molecule has 6 aromatic rings. The van der Waals surface area contributed by atoms with Gasteiger partial charge in [0.05, 0.1) is 31.1 Å². The molecule has 0 unspecified atom stereocenters. The molecule has 0 aliphatic heterocycles. The summed E-state index contributed by atoms with van der Waals surface area (Å²) in [5.41, 5.74) is 5.34. The van der Waals surface area contributed by atoms with Crippen molar-refractivity contribution in [3.05, 3.63) is 77.8 Å². The molecule has 0 amide bonds. The second-order valence-electron chi connectivity index (χ2n) is 6.64. The normalized spacial score (nSPS) is 11.9. The summed E-state index contributed by atoms with van der Waals surface area (Å²) in [6, 6.07) is 24.8. The van der Waals surface area contributed by atoms with E-state index in [0.29, 0.717) is 0 Å². The Balaban J connectivity index is 1.91. The fourth-order valence-corrected chi connectivity index (χ4v) is 5.56. The third-order valence-electron chi connectivity index (χ3n) is 5.07. The van der Waals surface area contributed by atoms with Gasteiger partial charge in [0.1, 0.15) is 0 Å². The zero-order chi connectivity index (χ0) is 18.0. The molecule has 0 atom stereocenters. The molecule has 3 aromatic heterocycles. The van der Waals surface area contributed by atoms with Crippen molar-refractivity contribution in [2.75, 3.05) is 0 Å². The van der Waals surface area contributed by atoms with Gasteiger partial charge in [0.15, 0.2) is 0 Å². The molecule has 6 rings (SSSR count). The highest BCUT2D eigenvalue weighted by molar-refractivity contribution is 7.27. The number of aromatic nitrogens is 2. The molecule has 1 N–H and O–H groups in total. The van der Waals surface area contributed by atoms with Crippen LogP contribution in [0, 0.1) is 0 Å². The molecule has 0 radical (unpaired) electrons. The van der Waals surface area contributed by atoms with Crippen molar-refractivity contribution in [3.8, 4) is 11.3 Å². The van der Waals surface area contributed by atoms with Gasteiger partial charge in [0, 0.05) is 27.2 Å². The number of nitrogens with zero attached hydrogens (tertiary/aromatic N) is 1. The Kier molecular flexibility index (Phi) is 3.13. The van der Waals surface area contributed by atoms with Crippen LogP contribution in [0.25, 0.3) is 53.4 Å². The summed E-state index contributed by atoms with van der Waals surface area (Å²) in [6.07, 6.45) is 0. The van der Waals surface area contributed by atoms with Crippen molar-refractivity contribution >= 4 is 65.0 Å². The van der Waals surface area contributed by atoms with Crippen molar-refractivity contribution in [2.24, 2.45) is 0 Å². The number of pyridine rings is 1. The Bertz CT molecular complexity index is 1480. The fourth-order valence-electron chi connectivity index (χ4n) is 3.88. The number of fused-ring (bicyclic) bond motifs is 7. The number of rotatable bonds is 1. The van der Waals surface area contributed by atoms with Gasteiger partial charge in [0.25, 0.3) is 0 Å². The van der Waals surface area contributed by atoms with E-state index in [1.54, 1.807) is 11.3 Å². The summed E-state index contributed by atoms with van der Waals surface area (Å²) < 4.78 is 2.45. The first kappa shape index (κ1) is 15.2. The molecule has 0 aliphatic carbocycles. The van der Waals surface area contributed by atoms with Crippen LogP contribution in [0.4, 0.5) is 0 Å². The topological polar surface area (TPSA) is 28.7 Å². The number of benzene rings is 3. The largest absolute Gasteiger partial charge is 0.353 e. The summed E-state index contributed by atoms with van der Waals surface area (Å²) >= 11 is 8.40. The lowest BCUT2D eigenvalue weighted by molar-refractivity contribution is 1.43. The van der Waals surface area contributed by atoms with Crippen LogP contribution < -0.4 is 0 Å². The van der Waals surface area contributed by atoms with E-state index in [2.05, 4.69) is 53.5 Å². The highest BCUT2D eigenvalue weighted by atomic mass is 35.5. The van der Waals surface area contributed by atoms with Crippen molar-refractivity contribution in [3.63, 3.8) is 0 Å². The van der Waals surface area contributed by atoms with Crippen LogP contribution in [-0.4, -0.2) is 9.97 Å². The molecule has 0 aliphatic rings. The van der Waals surface area contributed by atoms with Crippen LogP contribution in [0.3, 0.4) is 0 Å². The number of para-hydroxylation sites is 1. The minimum Gasteiger partial charge on any atom is -0.353 e. The molecule has 0 fully saturated rings. The molecular formula is C23H13ClN2S. The van der Waals surface area contributed by atoms with E-state index in [-0.39, 0.29) is 0 Å². The molecule has 0 spiro atoms. The zero-order valence-electron chi connectivity index (χ0n) is 14.2. The van der Waals surface area contributed by atoms with Gasteiger partial charge in [-0.3, -0.25) is 0 Å². The van der Waals surface area contributed by atoms with Crippen LogP contribution in [0.2, 0.25) is 5.02 Å². The maximum Gasteiger partial charge on any atom is 0.0817 e. The molecule has 0 saturated heterocycles. The van der Waals surface area contributed by atoms with E-state index in [0.717, 1.165) is 43.6 Å². The number of hydrogen-bond acceptors (Lipinski definition) is 2. The summed E-state index contributed by atoms with van der Waals surface area (Å²) in [7, 11) is 0. The molecule has 128 valence electrons. The summed E-state index contributed by atoms with van der Waals surface area (Å²) in [6.45, 7) is 0. The van der Waals surface area contributed by atoms with E-state index in [1.165, 1.54) is 14.8 Å². The zero-order valence-corrected chi connectivity index (χ0v) is 15.7. The molecule has 27 heavy (non-hydrogen) atoms. The monoisotopic (exact) mass is 384 g/mol. The number of aromatic amines is 1. The molecule has 0 saturated carbocycles. The Hall–Kier alpha value is -2.88.